The number of rotatable bonds is 6. The van der Waals surface area contributed by atoms with Gasteiger partial charge in [-0.15, -0.1) is 0 Å². The summed E-state index contributed by atoms with van der Waals surface area (Å²) in [4.78, 5) is 18.4. The Morgan fingerprint density at radius 2 is 2.36 bits per heavy atom. The van der Waals surface area contributed by atoms with E-state index in [-0.39, 0.29) is 17.6 Å². The van der Waals surface area contributed by atoms with Gasteiger partial charge in [0.15, 0.2) is 0 Å². The standard InChI is InChI=1S/C18H23FN4O2/c1-2-8-20-16(24)12-23-9-4-6-14(11-23)18-21-17(22-25-18)13-5-3-7-15(19)10-13/h3,5,7,10,14H,2,4,6,8-9,11-12H2,1H3,(H,20,24). The lowest BCUT2D eigenvalue weighted by atomic mass is 9.98. The second-order valence-corrected chi connectivity index (χ2v) is 6.39. The smallest absolute Gasteiger partial charge is 0.234 e. The highest BCUT2D eigenvalue weighted by Gasteiger charge is 2.27. The van der Waals surface area contributed by atoms with E-state index < -0.39 is 0 Å². The van der Waals surface area contributed by atoms with Crippen LogP contribution in [0.15, 0.2) is 28.8 Å². The van der Waals surface area contributed by atoms with Crippen LogP contribution in [0.4, 0.5) is 4.39 Å². The predicted octanol–water partition coefficient (Wildman–Crippen LogP) is 2.58. The van der Waals surface area contributed by atoms with Crippen molar-refractivity contribution < 1.29 is 13.7 Å². The minimum absolute atomic E-state index is 0.0495. The van der Waals surface area contributed by atoms with E-state index in [4.69, 9.17) is 4.52 Å². The number of carbonyl (C=O) groups is 1. The van der Waals surface area contributed by atoms with Crippen LogP contribution in [0.3, 0.4) is 0 Å². The summed E-state index contributed by atoms with van der Waals surface area (Å²) in [5, 5.41) is 6.88. The predicted molar refractivity (Wildman–Crippen MR) is 91.4 cm³/mol. The minimum Gasteiger partial charge on any atom is -0.355 e. The maximum atomic E-state index is 13.3. The Labute approximate surface area is 146 Å². The van der Waals surface area contributed by atoms with E-state index in [1.54, 1.807) is 12.1 Å². The first-order chi connectivity index (χ1) is 12.2. The molecule has 7 heteroatoms. The van der Waals surface area contributed by atoms with Crippen LogP contribution in [0.2, 0.25) is 0 Å². The van der Waals surface area contributed by atoms with Gasteiger partial charge in [0.25, 0.3) is 0 Å². The topological polar surface area (TPSA) is 71.3 Å². The van der Waals surface area contributed by atoms with Gasteiger partial charge in [-0.2, -0.15) is 4.98 Å². The Morgan fingerprint density at radius 3 is 3.16 bits per heavy atom. The van der Waals surface area contributed by atoms with E-state index in [9.17, 15) is 9.18 Å². The number of nitrogens with one attached hydrogen (secondary N) is 1. The molecule has 6 nitrogen and oxygen atoms in total. The summed E-state index contributed by atoms with van der Waals surface area (Å²) in [6.45, 7) is 4.73. The van der Waals surface area contributed by atoms with Crippen LogP contribution in [0, 0.1) is 5.82 Å². The lowest BCUT2D eigenvalue weighted by molar-refractivity contribution is -0.122. The van der Waals surface area contributed by atoms with Crippen LogP contribution in [-0.4, -0.2) is 47.1 Å². The Kier molecular flexibility index (Phi) is 5.75. The minimum atomic E-state index is -0.328. The third kappa shape index (κ3) is 4.63. The van der Waals surface area contributed by atoms with Gasteiger partial charge >= 0.3 is 0 Å². The fourth-order valence-corrected chi connectivity index (χ4v) is 3.07. The third-order valence-electron chi connectivity index (χ3n) is 4.32. The second-order valence-electron chi connectivity index (χ2n) is 6.39. The largest absolute Gasteiger partial charge is 0.355 e. The van der Waals surface area contributed by atoms with E-state index in [0.717, 1.165) is 25.8 Å². The van der Waals surface area contributed by atoms with Gasteiger partial charge in [0, 0.05) is 18.7 Å². The summed E-state index contributed by atoms with van der Waals surface area (Å²) >= 11 is 0. The highest BCUT2D eigenvalue weighted by atomic mass is 19.1. The SMILES string of the molecule is CCCNC(=O)CN1CCCC(c2nc(-c3cccc(F)c3)no2)C1. The lowest BCUT2D eigenvalue weighted by Gasteiger charge is -2.30. The maximum Gasteiger partial charge on any atom is 0.234 e. The molecule has 1 aromatic carbocycles. The molecule has 1 atom stereocenters. The van der Waals surface area contributed by atoms with Gasteiger partial charge in [-0.1, -0.05) is 24.2 Å². The summed E-state index contributed by atoms with van der Waals surface area (Å²) in [5.74, 6) is 0.770. The molecule has 1 unspecified atom stereocenters. The second kappa shape index (κ2) is 8.20. The molecule has 2 heterocycles. The number of likely N-dealkylation sites (tertiary alicyclic amines) is 1. The molecule has 1 aliphatic heterocycles. The number of nitrogens with zero attached hydrogens (tertiary/aromatic N) is 3. The molecular weight excluding hydrogens is 323 g/mol. The van der Waals surface area contributed by atoms with E-state index >= 15 is 0 Å². The van der Waals surface area contributed by atoms with Crippen molar-refractivity contribution in [1.82, 2.24) is 20.4 Å². The highest BCUT2D eigenvalue weighted by Crippen LogP contribution is 2.27. The first kappa shape index (κ1) is 17.5. The fourth-order valence-electron chi connectivity index (χ4n) is 3.07. The Balaban J connectivity index is 1.63. The van der Waals surface area contributed by atoms with Crippen molar-refractivity contribution in [3.05, 3.63) is 36.0 Å². The zero-order chi connectivity index (χ0) is 17.6. The maximum absolute atomic E-state index is 13.3. The van der Waals surface area contributed by atoms with E-state index in [1.165, 1.54) is 12.1 Å². The third-order valence-corrected chi connectivity index (χ3v) is 4.32. The molecule has 134 valence electrons. The van der Waals surface area contributed by atoms with Gasteiger partial charge in [0.05, 0.1) is 12.5 Å². The summed E-state index contributed by atoms with van der Waals surface area (Å²) in [6, 6.07) is 6.15. The lowest BCUT2D eigenvalue weighted by Crippen LogP contribution is -2.42. The van der Waals surface area contributed by atoms with Gasteiger partial charge in [-0.25, -0.2) is 4.39 Å². The van der Waals surface area contributed by atoms with Crippen LogP contribution < -0.4 is 5.32 Å². The van der Waals surface area contributed by atoms with Gasteiger partial charge < -0.3 is 9.84 Å². The molecule has 1 amide bonds. The molecule has 25 heavy (non-hydrogen) atoms. The zero-order valence-corrected chi connectivity index (χ0v) is 14.4. The number of hydrogen-bond donors (Lipinski definition) is 1. The molecule has 0 spiro atoms. The zero-order valence-electron chi connectivity index (χ0n) is 14.4. The van der Waals surface area contributed by atoms with Crippen molar-refractivity contribution in [2.75, 3.05) is 26.2 Å². The quantitative estimate of drug-likeness (QED) is 0.870. The van der Waals surface area contributed by atoms with Crippen LogP contribution in [0.25, 0.3) is 11.4 Å². The normalized spacial score (nSPS) is 18.2. The van der Waals surface area contributed by atoms with Crippen molar-refractivity contribution in [3.63, 3.8) is 0 Å². The Hall–Kier alpha value is -2.28. The number of aromatic nitrogens is 2. The Bertz CT molecular complexity index is 719. The average Bonchev–Trinajstić information content (AvgIpc) is 3.10. The number of amides is 1. The van der Waals surface area contributed by atoms with Crippen molar-refractivity contribution in [2.45, 2.75) is 32.1 Å². The highest BCUT2D eigenvalue weighted by molar-refractivity contribution is 5.78. The summed E-state index contributed by atoms with van der Waals surface area (Å²) in [5.41, 5.74) is 0.599. The molecule has 1 aromatic heterocycles. The molecule has 1 fully saturated rings. The van der Waals surface area contributed by atoms with Crippen molar-refractivity contribution >= 4 is 5.91 Å². The fraction of sp³-hybridized carbons (Fsp3) is 0.500. The van der Waals surface area contributed by atoms with Gasteiger partial charge in [0.1, 0.15) is 5.82 Å². The van der Waals surface area contributed by atoms with Crippen LogP contribution in [0.5, 0.6) is 0 Å². The van der Waals surface area contributed by atoms with E-state index in [0.29, 0.717) is 36.9 Å². The van der Waals surface area contributed by atoms with Gasteiger partial charge in [0.2, 0.25) is 17.6 Å². The molecule has 0 radical (unpaired) electrons. The molecule has 2 aromatic rings. The molecule has 1 aliphatic rings. The molecule has 0 saturated carbocycles. The molecular formula is C18H23FN4O2. The molecule has 0 bridgehead atoms. The van der Waals surface area contributed by atoms with Crippen molar-refractivity contribution in [2.24, 2.45) is 0 Å². The van der Waals surface area contributed by atoms with E-state index in [2.05, 4.69) is 20.4 Å². The number of carbonyl (C=O) groups excluding carboxylic acids is 1. The molecule has 0 aliphatic carbocycles. The van der Waals surface area contributed by atoms with Crippen LogP contribution in [-0.2, 0) is 4.79 Å². The summed E-state index contributed by atoms with van der Waals surface area (Å²) in [6.07, 6.45) is 2.85. The number of hydrogen-bond acceptors (Lipinski definition) is 5. The van der Waals surface area contributed by atoms with Crippen LogP contribution in [0.1, 0.15) is 38.0 Å². The van der Waals surface area contributed by atoms with E-state index in [1.807, 2.05) is 6.92 Å². The first-order valence-corrected chi connectivity index (χ1v) is 8.74. The van der Waals surface area contributed by atoms with Crippen LogP contribution >= 0.6 is 0 Å². The summed E-state index contributed by atoms with van der Waals surface area (Å²) < 4.78 is 18.8. The molecule has 1 saturated heterocycles. The van der Waals surface area contributed by atoms with Crippen molar-refractivity contribution in [3.8, 4) is 11.4 Å². The van der Waals surface area contributed by atoms with Gasteiger partial charge in [-0.05, 0) is 37.9 Å². The van der Waals surface area contributed by atoms with Gasteiger partial charge in [-0.3, -0.25) is 9.69 Å². The Morgan fingerprint density at radius 1 is 1.48 bits per heavy atom. The number of benzene rings is 1. The first-order valence-electron chi connectivity index (χ1n) is 8.74. The number of halogens is 1. The molecule has 3 rings (SSSR count). The number of piperidine rings is 1. The van der Waals surface area contributed by atoms with Crippen molar-refractivity contribution in [1.29, 1.82) is 0 Å². The average molecular weight is 346 g/mol. The molecule has 1 N–H and O–H groups in total. The monoisotopic (exact) mass is 346 g/mol. The summed E-state index contributed by atoms with van der Waals surface area (Å²) in [7, 11) is 0.